The SMILES string of the molecule is CCN(CC)CCCNc1n[nH]c2cccc(O)c12.Cl. The van der Waals surface area contributed by atoms with Crippen LogP contribution in [0.4, 0.5) is 5.82 Å². The van der Waals surface area contributed by atoms with Crippen molar-refractivity contribution in [3.63, 3.8) is 0 Å². The Labute approximate surface area is 125 Å². The molecule has 1 heterocycles. The standard InChI is InChI=1S/C14H22N4O.ClH/c1-3-18(4-2)10-6-9-15-14-13-11(16-17-14)7-5-8-12(13)19;/h5,7-8,19H,3-4,6,9-10H2,1-2H3,(H2,15,16,17);1H. The third-order valence-electron chi connectivity index (χ3n) is 3.41. The molecule has 112 valence electrons. The highest BCUT2D eigenvalue weighted by Crippen LogP contribution is 2.28. The summed E-state index contributed by atoms with van der Waals surface area (Å²) in [5.74, 6) is 0.991. The molecule has 0 saturated carbocycles. The number of benzene rings is 1. The van der Waals surface area contributed by atoms with E-state index in [-0.39, 0.29) is 18.2 Å². The van der Waals surface area contributed by atoms with Gasteiger partial charge in [0, 0.05) is 6.54 Å². The fraction of sp³-hybridized carbons (Fsp3) is 0.500. The van der Waals surface area contributed by atoms with E-state index in [1.165, 1.54) is 0 Å². The molecule has 2 rings (SSSR count). The first-order chi connectivity index (χ1) is 9.26. The molecule has 0 atom stereocenters. The first kappa shape index (κ1) is 16.6. The van der Waals surface area contributed by atoms with Crippen LogP contribution in [0.5, 0.6) is 5.75 Å². The Morgan fingerprint density at radius 1 is 1.30 bits per heavy atom. The van der Waals surface area contributed by atoms with Crippen molar-refractivity contribution in [2.24, 2.45) is 0 Å². The molecule has 0 spiro atoms. The average Bonchev–Trinajstić information content (AvgIpc) is 2.84. The second kappa shape index (κ2) is 7.97. The minimum atomic E-state index is 0. The van der Waals surface area contributed by atoms with Crippen molar-refractivity contribution in [3.05, 3.63) is 18.2 Å². The zero-order valence-corrected chi connectivity index (χ0v) is 12.8. The highest BCUT2D eigenvalue weighted by Gasteiger charge is 2.08. The Morgan fingerprint density at radius 3 is 2.75 bits per heavy atom. The van der Waals surface area contributed by atoms with E-state index < -0.39 is 0 Å². The maximum Gasteiger partial charge on any atom is 0.159 e. The Hall–Kier alpha value is -1.46. The van der Waals surface area contributed by atoms with Crippen molar-refractivity contribution in [3.8, 4) is 5.75 Å². The number of fused-ring (bicyclic) bond motifs is 1. The number of hydrogen-bond donors (Lipinski definition) is 3. The number of aromatic hydroxyl groups is 1. The second-order valence-electron chi connectivity index (χ2n) is 4.58. The number of aromatic amines is 1. The fourth-order valence-corrected chi connectivity index (χ4v) is 2.23. The minimum Gasteiger partial charge on any atom is -0.507 e. The molecule has 1 aromatic carbocycles. The smallest absolute Gasteiger partial charge is 0.159 e. The molecular formula is C14H23ClN4O. The normalized spacial score (nSPS) is 10.8. The first-order valence-corrected chi connectivity index (χ1v) is 6.88. The number of nitrogens with one attached hydrogen (secondary N) is 2. The van der Waals surface area contributed by atoms with Crippen LogP contribution >= 0.6 is 12.4 Å². The third kappa shape index (κ3) is 3.77. The van der Waals surface area contributed by atoms with Crippen LogP contribution in [0, 0.1) is 0 Å². The number of halogens is 1. The van der Waals surface area contributed by atoms with Crippen molar-refractivity contribution in [2.75, 3.05) is 31.5 Å². The fourth-order valence-electron chi connectivity index (χ4n) is 2.23. The lowest BCUT2D eigenvalue weighted by Gasteiger charge is -2.17. The van der Waals surface area contributed by atoms with E-state index >= 15 is 0 Å². The summed E-state index contributed by atoms with van der Waals surface area (Å²) in [7, 11) is 0. The van der Waals surface area contributed by atoms with Crippen LogP contribution in [-0.4, -0.2) is 46.4 Å². The number of H-pyrrole nitrogens is 1. The molecule has 0 aliphatic carbocycles. The van der Waals surface area contributed by atoms with Gasteiger partial charge >= 0.3 is 0 Å². The molecule has 0 bridgehead atoms. The summed E-state index contributed by atoms with van der Waals surface area (Å²) >= 11 is 0. The third-order valence-corrected chi connectivity index (χ3v) is 3.41. The summed E-state index contributed by atoms with van der Waals surface area (Å²) in [6, 6.07) is 5.39. The molecule has 1 aromatic heterocycles. The van der Waals surface area contributed by atoms with Gasteiger partial charge in [0.1, 0.15) is 5.75 Å². The molecule has 0 fully saturated rings. The Kier molecular flexibility index (Phi) is 6.61. The molecule has 0 radical (unpaired) electrons. The topological polar surface area (TPSA) is 64.2 Å². The summed E-state index contributed by atoms with van der Waals surface area (Å²) in [4.78, 5) is 2.39. The van der Waals surface area contributed by atoms with Crippen molar-refractivity contribution in [1.29, 1.82) is 0 Å². The minimum absolute atomic E-state index is 0. The zero-order chi connectivity index (χ0) is 13.7. The van der Waals surface area contributed by atoms with Gasteiger partial charge in [-0.2, -0.15) is 5.10 Å². The largest absolute Gasteiger partial charge is 0.507 e. The van der Waals surface area contributed by atoms with E-state index in [2.05, 4.69) is 34.3 Å². The molecule has 20 heavy (non-hydrogen) atoms. The van der Waals surface area contributed by atoms with E-state index in [4.69, 9.17) is 0 Å². The first-order valence-electron chi connectivity index (χ1n) is 6.88. The average molecular weight is 299 g/mol. The van der Waals surface area contributed by atoms with Gasteiger partial charge in [-0.25, -0.2) is 0 Å². The molecule has 2 aromatic rings. The van der Waals surface area contributed by atoms with Crippen molar-refractivity contribution in [2.45, 2.75) is 20.3 Å². The lowest BCUT2D eigenvalue weighted by atomic mass is 10.2. The molecule has 0 aliphatic heterocycles. The van der Waals surface area contributed by atoms with Crippen molar-refractivity contribution in [1.82, 2.24) is 15.1 Å². The van der Waals surface area contributed by atoms with Crippen molar-refractivity contribution >= 4 is 29.1 Å². The van der Waals surface area contributed by atoms with Gasteiger partial charge in [0.05, 0.1) is 10.9 Å². The molecule has 0 amide bonds. The number of rotatable bonds is 7. The van der Waals surface area contributed by atoms with E-state index in [9.17, 15) is 5.11 Å². The summed E-state index contributed by atoms with van der Waals surface area (Å²) in [5.41, 5.74) is 0.853. The lowest BCUT2D eigenvalue weighted by Crippen LogP contribution is -2.25. The van der Waals surface area contributed by atoms with Crippen molar-refractivity contribution < 1.29 is 5.11 Å². The number of aromatic nitrogens is 2. The lowest BCUT2D eigenvalue weighted by molar-refractivity contribution is 0.303. The number of anilines is 1. The summed E-state index contributed by atoms with van der Waals surface area (Å²) in [6.07, 6.45) is 1.06. The Balaban J connectivity index is 0.00000200. The maximum atomic E-state index is 9.85. The molecule has 6 heteroatoms. The molecule has 0 aliphatic rings. The summed E-state index contributed by atoms with van der Waals surface area (Å²) in [5, 5.41) is 21.0. The highest BCUT2D eigenvalue weighted by atomic mass is 35.5. The van der Waals surface area contributed by atoms with Crippen LogP contribution < -0.4 is 5.32 Å². The summed E-state index contributed by atoms with van der Waals surface area (Å²) < 4.78 is 0. The van der Waals surface area contributed by atoms with E-state index in [0.29, 0.717) is 0 Å². The molecule has 0 saturated heterocycles. The number of hydrogen-bond acceptors (Lipinski definition) is 4. The molecule has 0 unspecified atom stereocenters. The number of nitrogens with zero attached hydrogens (tertiary/aromatic N) is 2. The summed E-state index contributed by atoms with van der Waals surface area (Å²) in [6.45, 7) is 8.46. The van der Waals surface area contributed by atoms with Gasteiger partial charge in [-0.1, -0.05) is 19.9 Å². The van der Waals surface area contributed by atoms with Gasteiger partial charge in [0.25, 0.3) is 0 Å². The van der Waals surface area contributed by atoms with Gasteiger partial charge < -0.3 is 15.3 Å². The predicted octanol–water partition coefficient (Wildman–Crippen LogP) is 2.83. The number of phenols is 1. The van der Waals surface area contributed by atoms with Gasteiger partial charge in [0.15, 0.2) is 5.82 Å². The van der Waals surface area contributed by atoms with Gasteiger partial charge in [-0.15, -0.1) is 12.4 Å². The van der Waals surface area contributed by atoms with Crippen LogP contribution in [0.25, 0.3) is 10.9 Å². The van der Waals surface area contributed by atoms with Crippen LogP contribution in [0.15, 0.2) is 18.2 Å². The quantitative estimate of drug-likeness (QED) is 0.688. The Bertz CT molecular complexity index is 525. The predicted molar refractivity (Wildman–Crippen MR) is 85.9 cm³/mol. The molecular weight excluding hydrogens is 276 g/mol. The van der Waals surface area contributed by atoms with Crippen LogP contribution in [0.3, 0.4) is 0 Å². The van der Waals surface area contributed by atoms with Crippen LogP contribution in [0.2, 0.25) is 0 Å². The Morgan fingerprint density at radius 2 is 2.05 bits per heavy atom. The molecule has 3 N–H and O–H groups in total. The van der Waals surface area contributed by atoms with E-state index in [1.54, 1.807) is 12.1 Å². The number of phenolic OH excluding ortho intramolecular Hbond substituents is 1. The monoisotopic (exact) mass is 298 g/mol. The van der Waals surface area contributed by atoms with E-state index in [1.807, 2.05) is 6.07 Å². The van der Waals surface area contributed by atoms with Gasteiger partial charge in [0.2, 0.25) is 0 Å². The van der Waals surface area contributed by atoms with Crippen LogP contribution in [0.1, 0.15) is 20.3 Å². The molecule has 5 nitrogen and oxygen atoms in total. The van der Waals surface area contributed by atoms with Gasteiger partial charge in [-0.05, 0) is 38.2 Å². The highest BCUT2D eigenvalue weighted by molar-refractivity contribution is 5.94. The zero-order valence-electron chi connectivity index (χ0n) is 12.0. The van der Waals surface area contributed by atoms with E-state index in [0.717, 1.165) is 49.3 Å². The van der Waals surface area contributed by atoms with Crippen LogP contribution in [-0.2, 0) is 0 Å². The second-order valence-corrected chi connectivity index (χ2v) is 4.58. The maximum absolute atomic E-state index is 9.85. The van der Waals surface area contributed by atoms with Gasteiger partial charge in [-0.3, -0.25) is 5.10 Å².